The molecule has 1 aromatic carbocycles. The molecule has 1 aromatic heterocycles. The van der Waals surface area contributed by atoms with Crippen LogP contribution in [0.2, 0.25) is 5.02 Å². The first-order valence-corrected chi connectivity index (χ1v) is 5.50. The number of aromatic nitrogens is 2. The minimum Gasteiger partial charge on any atom is -0.454 e. The molecule has 0 saturated heterocycles. The van der Waals surface area contributed by atoms with E-state index in [1.165, 1.54) is 0 Å². The summed E-state index contributed by atoms with van der Waals surface area (Å²) in [6.07, 6.45) is 3.58. The molecule has 2 aromatic rings. The first-order valence-electron chi connectivity index (χ1n) is 5.13. The summed E-state index contributed by atoms with van der Waals surface area (Å²) in [6.45, 7) is 4.14. The molecule has 0 bridgehead atoms. The Balaban J connectivity index is 2.11. The number of hydrogen-bond donors (Lipinski definition) is 0. The van der Waals surface area contributed by atoms with Crippen molar-refractivity contribution in [3.05, 3.63) is 41.7 Å². The van der Waals surface area contributed by atoms with Gasteiger partial charge in [0.1, 0.15) is 5.75 Å². The van der Waals surface area contributed by atoms with Crippen LogP contribution < -0.4 is 4.74 Å². The SMILES string of the molecule is CC(C)n1cc(Oc2ccc(Cl)cc2)cn1. The molecule has 84 valence electrons. The van der Waals surface area contributed by atoms with E-state index in [-0.39, 0.29) is 0 Å². The van der Waals surface area contributed by atoms with Gasteiger partial charge in [-0.1, -0.05) is 11.6 Å². The Kier molecular flexibility index (Phi) is 3.15. The highest BCUT2D eigenvalue weighted by molar-refractivity contribution is 6.30. The summed E-state index contributed by atoms with van der Waals surface area (Å²) in [5.41, 5.74) is 0. The Morgan fingerprint density at radius 1 is 1.19 bits per heavy atom. The second-order valence-corrected chi connectivity index (χ2v) is 4.24. The third-order valence-corrected chi connectivity index (χ3v) is 2.41. The lowest BCUT2D eigenvalue weighted by Crippen LogP contribution is -1.99. The van der Waals surface area contributed by atoms with Crippen LogP contribution in [0.1, 0.15) is 19.9 Å². The van der Waals surface area contributed by atoms with E-state index in [0.717, 1.165) is 11.5 Å². The van der Waals surface area contributed by atoms with Crippen molar-refractivity contribution in [1.29, 1.82) is 0 Å². The summed E-state index contributed by atoms with van der Waals surface area (Å²) in [4.78, 5) is 0. The zero-order valence-corrected chi connectivity index (χ0v) is 9.98. The van der Waals surface area contributed by atoms with Crippen LogP contribution in [-0.4, -0.2) is 9.78 Å². The summed E-state index contributed by atoms with van der Waals surface area (Å²) in [5.74, 6) is 1.49. The highest BCUT2D eigenvalue weighted by atomic mass is 35.5. The molecule has 1 heterocycles. The molecular weight excluding hydrogens is 224 g/mol. The van der Waals surface area contributed by atoms with Crippen molar-refractivity contribution < 1.29 is 4.74 Å². The molecular formula is C12H13ClN2O. The van der Waals surface area contributed by atoms with Gasteiger partial charge < -0.3 is 4.74 Å². The molecule has 16 heavy (non-hydrogen) atoms. The first kappa shape index (κ1) is 11.0. The van der Waals surface area contributed by atoms with Crippen molar-refractivity contribution in [2.45, 2.75) is 19.9 Å². The molecule has 4 heteroatoms. The lowest BCUT2D eigenvalue weighted by Gasteiger charge is -2.04. The molecule has 2 rings (SSSR count). The molecule has 3 nitrogen and oxygen atoms in total. The average Bonchev–Trinajstić information content (AvgIpc) is 2.70. The van der Waals surface area contributed by atoms with Gasteiger partial charge in [-0.05, 0) is 38.1 Å². The van der Waals surface area contributed by atoms with Crippen LogP contribution in [0.15, 0.2) is 36.7 Å². The van der Waals surface area contributed by atoms with Crippen LogP contribution in [-0.2, 0) is 0 Å². The number of halogens is 1. The van der Waals surface area contributed by atoms with E-state index in [0.29, 0.717) is 11.1 Å². The molecule has 0 aliphatic carbocycles. The Morgan fingerprint density at radius 3 is 2.44 bits per heavy atom. The standard InChI is InChI=1S/C12H13ClN2O/c1-9(2)15-8-12(7-14-15)16-11-5-3-10(13)4-6-11/h3-9H,1-2H3. The second kappa shape index (κ2) is 4.58. The lowest BCUT2D eigenvalue weighted by molar-refractivity contribution is 0.477. The normalized spacial score (nSPS) is 10.8. The predicted molar refractivity (Wildman–Crippen MR) is 64.1 cm³/mol. The number of hydrogen-bond acceptors (Lipinski definition) is 2. The quantitative estimate of drug-likeness (QED) is 0.808. The third kappa shape index (κ3) is 2.55. The van der Waals surface area contributed by atoms with Gasteiger partial charge in [0.2, 0.25) is 0 Å². The average molecular weight is 237 g/mol. The van der Waals surface area contributed by atoms with Crippen LogP contribution in [0.4, 0.5) is 0 Å². The van der Waals surface area contributed by atoms with Gasteiger partial charge in [-0.3, -0.25) is 4.68 Å². The number of benzene rings is 1. The highest BCUT2D eigenvalue weighted by Crippen LogP contribution is 2.23. The maximum absolute atomic E-state index is 5.79. The molecule has 0 saturated carbocycles. The fourth-order valence-corrected chi connectivity index (χ4v) is 1.42. The van der Waals surface area contributed by atoms with Crippen molar-refractivity contribution >= 4 is 11.6 Å². The summed E-state index contributed by atoms with van der Waals surface area (Å²) in [6, 6.07) is 7.58. The Labute approximate surface area is 99.6 Å². The van der Waals surface area contributed by atoms with Crippen molar-refractivity contribution in [1.82, 2.24) is 9.78 Å². The van der Waals surface area contributed by atoms with E-state index in [2.05, 4.69) is 18.9 Å². The van der Waals surface area contributed by atoms with E-state index < -0.39 is 0 Å². The molecule has 0 aliphatic rings. The van der Waals surface area contributed by atoms with Gasteiger partial charge in [0.05, 0.1) is 12.4 Å². The van der Waals surface area contributed by atoms with Gasteiger partial charge in [0.25, 0.3) is 0 Å². The van der Waals surface area contributed by atoms with E-state index in [1.807, 2.05) is 23.0 Å². The van der Waals surface area contributed by atoms with Gasteiger partial charge in [-0.15, -0.1) is 0 Å². The van der Waals surface area contributed by atoms with Crippen LogP contribution in [0.3, 0.4) is 0 Å². The van der Waals surface area contributed by atoms with Gasteiger partial charge >= 0.3 is 0 Å². The smallest absolute Gasteiger partial charge is 0.165 e. The summed E-state index contributed by atoms with van der Waals surface area (Å²) in [7, 11) is 0. The third-order valence-electron chi connectivity index (χ3n) is 2.16. The zero-order valence-electron chi connectivity index (χ0n) is 9.22. The first-order chi connectivity index (χ1) is 7.65. The van der Waals surface area contributed by atoms with E-state index >= 15 is 0 Å². The molecule has 0 unspecified atom stereocenters. The maximum atomic E-state index is 5.79. The molecule has 0 fully saturated rings. The number of nitrogens with zero attached hydrogens (tertiary/aromatic N) is 2. The Morgan fingerprint density at radius 2 is 1.88 bits per heavy atom. The number of ether oxygens (including phenoxy) is 1. The highest BCUT2D eigenvalue weighted by Gasteiger charge is 2.03. The molecule has 0 atom stereocenters. The molecule has 0 N–H and O–H groups in total. The van der Waals surface area contributed by atoms with Crippen LogP contribution in [0.25, 0.3) is 0 Å². The fourth-order valence-electron chi connectivity index (χ4n) is 1.29. The van der Waals surface area contributed by atoms with E-state index in [4.69, 9.17) is 16.3 Å². The van der Waals surface area contributed by atoms with E-state index in [1.54, 1.807) is 18.3 Å². The van der Waals surface area contributed by atoms with Crippen molar-refractivity contribution in [3.63, 3.8) is 0 Å². The van der Waals surface area contributed by atoms with Crippen molar-refractivity contribution in [3.8, 4) is 11.5 Å². The van der Waals surface area contributed by atoms with Crippen LogP contribution in [0.5, 0.6) is 11.5 Å². The molecule has 0 amide bonds. The lowest BCUT2D eigenvalue weighted by atomic mass is 10.3. The minimum absolute atomic E-state index is 0.336. The van der Waals surface area contributed by atoms with Gasteiger partial charge in [0, 0.05) is 11.1 Å². The summed E-state index contributed by atoms with van der Waals surface area (Å²) < 4.78 is 7.47. The van der Waals surface area contributed by atoms with E-state index in [9.17, 15) is 0 Å². The number of rotatable bonds is 3. The Hall–Kier alpha value is -1.48. The van der Waals surface area contributed by atoms with Crippen LogP contribution in [0, 0.1) is 0 Å². The topological polar surface area (TPSA) is 27.1 Å². The summed E-state index contributed by atoms with van der Waals surface area (Å²) >= 11 is 5.79. The molecule has 0 aliphatic heterocycles. The second-order valence-electron chi connectivity index (χ2n) is 3.81. The van der Waals surface area contributed by atoms with Gasteiger partial charge in [-0.2, -0.15) is 5.10 Å². The predicted octanol–water partition coefficient (Wildman–Crippen LogP) is 3.91. The van der Waals surface area contributed by atoms with Gasteiger partial charge in [-0.25, -0.2) is 0 Å². The zero-order chi connectivity index (χ0) is 11.5. The van der Waals surface area contributed by atoms with Crippen molar-refractivity contribution in [2.75, 3.05) is 0 Å². The molecule has 0 spiro atoms. The minimum atomic E-state index is 0.336. The largest absolute Gasteiger partial charge is 0.454 e. The van der Waals surface area contributed by atoms with Crippen molar-refractivity contribution in [2.24, 2.45) is 0 Å². The van der Waals surface area contributed by atoms with Gasteiger partial charge in [0.15, 0.2) is 5.75 Å². The van der Waals surface area contributed by atoms with Crippen LogP contribution >= 0.6 is 11.6 Å². The summed E-state index contributed by atoms with van der Waals surface area (Å²) in [5, 5.41) is 4.89. The fraction of sp³-hybridized carbons (Fsp3) is 0.250. The monoisotopic (exact) mass is 236 g/mol. The molecule has 0 radical (unpaired) electrons. The Bertz CT molecular complexity index is 462. The maximum Gasteiger partial charge on any atom is 0.165 e.